The van der Waals surface area contributed by atoms with Gasteiger partial charge in [-0.3, -0.25) is 5.43 Å². The van der Waals surface area contributed by atoms with Crippen LogP contribution in [0.25, 0.3) is 10.8 Å². The fraction of sp³-hybridized carbons (Fsp3) is 0.207. The lowest BCUT2D eigenvalue weighted by Crippen LogP contribution is -2.04. The first-order valence-corrected chi connectivity index (χ1v) is 12.9. The Bertz CT molecular complexity index is 1480. The van der Waals surface area contributed by atoms with E-state index in [0.29, 0.717) is 42.7 Å². The third-order valence-corrected chi connectivity index (χ3v) is 6.35. The van der Waals surface area contributed by atoms with Crippen LogP contribution in [0.1, 0.15) is 34.9 Å². The van der Waals surface area contributed by atoms with Gasteiger partial charge in [0.2, 0.25) is 0 Å². The number of methoxy groups -OCH3 is 1. The second-order valence-electron chi connectivity index (χ2n) is 8.29. The van der Waals surface area contributed by atoms with Crippen molar-refractivity contribution < 1.29 is 14.2 Å². The number of benzene rings is 3. The zero-order valence-electron chi connectivity index (χ0n) is 20.9. The highest BCUT2D eigenvalue weighted by Gasteiger charge is 2.13. The molecule has 3 aromatic carbocycles. The topological polar surface area (TPSA) is 88.8 Å². The van der Waals surface area contributed by atoms with Crippen LogP contribution in [0.5, 0.6) is 11.5 Å². The molecule has 0 aliphatic heterocycles. The zero-order valence-corrected chi connectivity index (χ0v) is 23.1. The molecular formula is C29H27IN4O3. The van der Waals surface area contributed by atoms with Gasteiger partial charge in [-0.05, 0) is 82.6 Å². The van der Waals surface area contributed by atoms with E-state index in [4.69, 9.17) is 14.2 Å². The highest BCUT2D eigenvalue weighted by atomic mass is 127. The normalized spacial score (nSPS) is 11.0. The number of pyridine rings is 1. The SMILES string of the molecule is CCOc1cc(/C=N\Nc2nc(C)cc(COC)c2C#N)cc(I)c1OCc1ccc2ccccc2c1. The summed E-state index contributed by atoms with van der Waals surface area (Å²) in [4.78, 5) is 4.42. The fourth-order valence-electron chi connectivity index (χ4n) is 3.93. The maximum absolute atomic E-state index is 9.61. The minimum absolute atomic E-state index is 0.321. The van der Waals surface area contributed by atoms with Crippen molar-refractivity contribution in [3.8, 4) is 17.6 Å². The highest BCUT2D eigenvalue weighted by Crippen LogP contribution is 2.35. The number of rotatable bonds is 10. The molecule has 0 saturated heterocycles. The molecule has 0 radical (unpaired) electrons. The van der Waals surface area contributed by atoms with Gasteiger partial charge in [0.1, 0.15) is 18.2 Å². The standard InChI is InChI=1S/C29H27IN4O3/c1-4-36-27-14-21(16-32-34-29-25(15-31)24(18-35-3)11-19(2)33-29)13-26(30)28(27)37-17-20-9-10-22-7-5-6-8-23(22)12-20/h5-14,16H,4,17-18H2,1-3H3,(H,33,34)/b32-16-. The summed E-state index contributed by atoms with van der Waals surface area (Å²) in [5.74, 6) is 1.73. The number of nitrogens with one attached hydrogen (secondary N) is 1. The van der Waals surface area contributed by atoms with E-state index in [-0.39, 0.29) is 0 Å². The molecule has 37 heavy (non-hydrogen) atoms. The van der Waals surface area contributed by atoms with E-state index in [2.05, 4.69) is 74.5 Å². The Hall–Kier alpha value is -3.68. The van der Waals surface area contributed by atoms with Crippen LogP contribution in [-0.4, -0.2) is 24.9 Å². The van der Waals surface area contributed by atoms with Crippen molar-refractivity contribution in [2.45, 2.75) is 27.1 Å². The monoisotopic (exact) mass is 606 g/mol. The third-order valence-electron chi connectivity index (χ3n) is 5.55. The molecule has 0 unspecified atom stereocenters. The Morgan fingerprint density at radius 2 is 1.86 bits per heavy atom. The van der Waals surface area contributed by atoms with E-state index in [0.717, 1.165) is 26.0 Å². The van der Waals surface area contributed by atoms with Gasteiger partial charge in [-0.25, -0.2) is 4.98 Å². The summed E-state index contributed by atoms with van der Waals surface area (Å²) < 4.78 is 18.2. The predicted octanol–water partition coefficient (Wildman–Crippen LogP) is 6.59. The molecule has 0 bridgehead atoms. The van der Waals surface area contributed by atoms with Crippen LogP contribution >= 0.6 is 22.6 Å². The van der Waals surface area contributed by atoms with Crippen LogP contribution in [0.4, 0.5) is 5.82 Å². The first-order valence-electron chi connectivity index (χ1n) is 11.8. The summed E-state index contributed by atoms with van der Waals surface area (Å²) in [7, 11) is 1.59. The van der Waals surface area contributed by atoms with Crippen LogP contribution in [0.2, 0.25) is 0 Å². The summed E-state index contributed by atoms with van der Waals surface area (Å²) in [6.07, 6.45) is 1.67. The molecule has 7 nitrogen and oxygen atoms in total. The number of fused-ring (bicyclic) bond motifs is 1. The lowest BCUT2D eigenvalue weighted by molar-refractivity contribution is 0.184. The number of anilines is 1. The molecule has 0 aliphatic rings. The first-order chi connectivity index (χ1) is 18.0. The van der Waals surface area contributed by atoms with Gasteiger partial charge < -0.3 is 14.2 Å². The van der Waals surface area contributed by atoms with Crippen molar-refractivity contribution in [2.24, 2.45) is 5.10 Å². The molecule has 4 rings (SSSR count). The Morgan fingerprint density at radius 3 is 2.62 bits per heavy atom. The molecule has 0 fully saturated rings. The summed E-state index contributed by atoms with van der Waals surface area (Å²) >= 11 is 2.24. The van der Waals surface area contributed by atoms with Crippen molar-refractivity contribution in [3.05, 3.63) is 92.2 Å². The van der Waals surface area contributed by atoms with Gasteiger partial charge >= 0.3 is 0 Å². The number of aryl methyl sites for hydroxylation is 1. The van der Waals surface area contributed by atoms with E-state index < -0.39 is 0 Å². The predicted molar refractivity (Wildman–Crippen MR) is 154 cm³/mol. The Labute approximate surface area is 230 Å². The van der Waals surface area contributed by atoms with E-state index in [1.165, 1.54) is 10.8 Å². The number of nitriles is 1. The van der Waals surface area contributed by atoms with Crippen LogP contribution in [-0.2, 0) is 18.0 Å². The van der Waals surface area contributed by atoms with Crippen LogP contribution < -0.4 is 14.9 Å². The summed E-state index contributed by atoms with van der Waals surface area (Å²) in [5.41, 5.74) is 6.75. The minimum Gasteiger partial charge on any atom is -0.490 e. The number of hydrogen-bond acceptors (Lipinski definition) is 7. The van der Waals surface area contributed by atoms with E-state index in [9.17, 15) is 5.26 Å². The molecule has 0 spiro atoms. The number of hydrogen-bond donors (Lipinski definition) is 1. The molecule has 188 valence electrons. The quantitative estimate of drug-likeness (QED) is 0.125. The minimum atomic E-state index is 0.321. The first kappa shape index (κ1) is 26.4. The highest BCUT2D eigenvalue weighted by molar-refractivity contribution is 14.1. The average molecular weight is 606 g/mol. The second-order valence-corrected chi connectivity index (χ2v) is 9.46. The fourth-order valence-corrected chi connectivity index (χ4v) is 4.71. The van der Waals surface area contributed by atoms with Crippen LogP contribution in [0.15, 0.2) is 65.8 Å². The Kier molecular flexibility index (Phi) is 8.93. The third kappa shape index (κ3) is 6.56. The number of halogens is 1. The molecule has 1 N–H and O–H groups in total. The average Bonchev–Trinajstić information content (AvgIpc) is 2.88. The number of aromatic nitrogens is 1. The largest absolute Gasteiger partial charge is 0.490 e. The smallest absolute Gasteiger partial charge is 0.175 e. The molecule has 0 saturated carbocycles. The molecule has 0 atom stereocenters. The van der Waals surface area contributed by atoms with Gasteiger partial charge in [0.25, 0.3) is 0 Å². The lowest BCUT2D eigenvalue weighted by atomic mass is 10.1. The van der Waals surface area contributed by atoms with Gasteiger partial charge in [0.05, 0.1) is 23.0 Å². The van der Waals surface area contributed by atoms with Gasteiger partial charge in [-0.2, -0.15) is 10.4 Å². The van der Waals surface area contributed by atoms with Crippen molar-refractivity contribution in [2.75, 3.05) is 19.1 Å². The van der Waals surface area contributed by atoms with E-state index in [1.54, 1.807) is 13.3 Å². The zero-order chi connectivity index (χ0) is 26.2. The molecule has 0 amide bonds. The number of hydrazone groups is 1. The molecule has 1 heterocycles. The van der Waals surface area contributed by atoms with Gasteiger partial charge in [-0.15, -0.1) is 0 Å². The Morgan fingerprint density at radius 1 is 1.05 bits per heavy atom. The molecule has 4 aromatic rings. The van der Waals surface area contributed by atoms with Crippen molar-refractivity contribution in [1.29, 1.82) is 5.26 Å². The van der Waals surface area contributed by atoms with Crippen LogP contribution in [0.3, 0.4) is 0 Å². The van der Waals surface area contributed by atoms with E-state index in [1.807, 2.05) is 44.2 Å². The summed E-state index contributed by atoms with van der Waals surface area (Å²) in [6.45, 7) is 5.05. The number of nitrogens with zero attached hydrogens (tertiary/aromatic N) is 3. The van der Waals surface area contributed by atoms with Crippen LogP contribution in [0, 0.1) is 21.8 Å². The second kappa shape index (κ2) is 12.5. The van der Waals surface area contributed by atoms with Crippen molar-refractivity contribution in [1.82, 2.24) is 4.98 Å². The lowest BCUT2D eigenvalue weighted by Gasteiger charge is -2.15. The summed E-state index contributed by atoms with van der Waals surface area (Å²) in [5, 5.41) is 16.3. The molecule has 1 aromatic heterocycles. The van der Waals surface area contributed by atoms with Crippen molar-refractivity contribution >= 4 is 45.4 Å². The maximum Gasteiger partial charge on any atom is 0.175 e. The van der Waals surface area contributed by atoms with Crippen molar-refractivity contribution in [3.63, 3.8) is 0 Å². The van der Waals surface area contributed by atoms with Gasteiger partial charge in [0, 0.05) is 18.4 Å². The maximum atomic E-state index is 9.61. The Balaban J connectivity index is 1.53. The number of ether oxygens (including phenoxy) is 3. The van der Waals surface area contributed by atoms with Gasteiger partial charge in [-0.1, -0.05) is 36.4 Å². The van der Waals surface area contributed by atoms with Gasteiger partial charge in [0.15, 0.2) is 17.3 Å². The molecule has 8 heteroatoms. The summed E-state index contributed by atoms with van der Waals surface area (Å²) in [6, 6.07) is 22.5. The van der Waals surface area contributed by atoms with E-state index >= 15 is 0 Å². The molecule has 0 aliphatic carbocycles. The molecular weight excluding hydrogens is 579 g/mol.